The van der Waals surface area contributed by atoms with Gasteiger partial charge in [-0.2, -0.15) is 0 Å². The van der Waals surface area contributed by atoms with E-state index in [0.29, 0.717) is 5.41 Å². The van der Waals surface area contributed by atoms with Crippen LogP contribution in [-0.2, 0) is 0 Å². The van der Waals surface area contributed by atoms with Gasteiger partial charge in [-0.1, -0.05) is 46.5 Å². The van der Waals surface area contributed by atoms with Gasteiger partial charge in [-0.3, -0.25) is 0 Å². The van der Waals surface area contributed by atoms with E-state index in [1.807, 2.05) is 11.8 Å². The van der Waals surface area contributed by atoms with Crippen LogP contribution in [-0.4, -0.2) is 11.1 Å². The predicted molar refractivity (Wildman–Crippen MR) is 81.3 cm³/mol. The molecule has 0 saturated heterocycles. The van der Waals surface area contributed by atoms with Crippen LogP contribution in [0.25, 0.3) is 0 Å². The van der Waals surface area contributed by atoms with Gasteiger partial charge >= 0.3 is 0 Å². The smallest absolute Gasteiger partial charge is 0.0102 e. The van der Waals surface area contributed by atoms with Crippen LogP contribution in [0.3, 0.4) is 0 Å². The van der Waals surface area contributed by atoms with Crippen molar-refractivity contribution < 1.29 is 0 Å². The molecule has 1 aliphatic rings. The average Bonchev–Trinajstić information content (AvgIpc) is 2.77. The Balaban J connectivity index is 2.01. The predicted octanol–water partition coefficient (Wildman–Crippen LogP) is 5.35. The zero-order chi connectivity index (χ0) is 12.3. The fraction of sp³-hybridized carbons (Fsp3) is 0.600. The summed E-state index contributed by atoms with van der Waals surface area (Å²) < 4.78 is 0. The molecule has 94 valence electrons. The lowest BCUT2D eigenvalue weighted by atomic mass is 9.92. The third-order valence-electron chi connectivity index (χ3n) is 3.81. The monoisotopic (exact) mass is 312 g/mol. The molecule has 0 radical (unpaired) electrons. The van der Waals surface area contributed by atoms with Gasteiger partial charge < -0.3 is 0 Å². The molecule has 0 heterocycles. The van der Waals surface area contributed by atoms with Crippen LogP contribution in [0.4, 0.5) is 0 Å². The van der Waals surface area contributed by atoms with E-state index in [0.717, 1.165) is 5.33 Å². The topological polar surface area (TPSA) is 0 Å². The van der Waals surface area contributed by atoms with E-state index in [2.05, 4.69) is 48.0 Å². The van der Waals surface area contributed by atoms with Crippen molar-refractivity contribution in [3.8, 4) is 0 Å². The van der Waals surface area contributed by atoms with Gasteiger partial charge in [-0.05, 0) is 43.7 Å². The Labute approximate surface area is 118 Å². The second kappa shape index (κ2) is 5.79. The van der Waals surface area contributed by atoms with E-state index in [1.54, 1.807) is 0 Å². The van der Waals surface area contributed by atoms with E-state index in [-0.39, 0.29) is 0 Å². The van der Waals surface area contributed by atoms with Gasteiger partial charge in [0, 0.05) is 16.0 Å². The molecular weight excluding hydrogens is 292 g/mol. The van der Waals surface area contributed by atoms with Crippen molar-refractivity contribution in [1.82, 2.24) is 0 Å². The second-order valence-corrected chi connectivity index (χ2v) is 6.98. The average molecular weight is 313 g/mol. The third kappa shape index (κ3) is 3.29. The summed E-state index contributed by atoms with van der Waals surface area (Å²) in [7, 11) is 0. The first-order valence-corrected chi connectivity index (χ1v) is 8.52. The lowest BCUT2D eigenvalue weighted by molar-refractivity contribution is 0.405. The minimum absolute atomic E-state index is 0.558. The molecule has 0 nitrogen and oxygen atoms in total. The Morgan fingerprint density at radius 2 is 1.94 bits per heavy atom. The zero-order valence-electron chi connectivity index (χ0n) is 10.8. The maximum Gasteiger partial charge on any atom is 0.0102 e. The van der Waals surface area contributed by atoms with Crippen LogP contribution in [0.5, 0.6) is 0 Å². The molecule has 0 aliphatic heterocycles. The standard InChI is InChI=1S/C15H21BrS/c1-12-5-6-14(13(2)9-12)17-11-15(10-16)7-3-4-8-15/h5-6,9H,3-4,7-8,10-11H2,1-2H3. The van der Waals surface area contributed by atoms with Gasteiger partial charge in [0.15, 0.2) is 0 Å². The second-order valence-electron chi connectivity index (χ2n) is 5.40. The third-order valence-corrected chi connectivity index (χ3v) is 6.53. The van der Waals surface area contributed by atoms with E-state index >= 15 is 0 Å². The molecule has 1 aromatic rings. The molecule has 0 atom stereocenters. The fourth-order valence-corrected chi connectivity index (χ4v) is 4.96. The van der Waals surface area contributed by atoms with Crippen LogP contribution in [0.2, 0.25) is 0 Å². The quantitative estimate of drug-likeness (QED) is 0.533. The van der Waals surface area contributed by atoms with Gasteiger partial charge in [0.25, 0.3) is 0 Å². The molecule has 17 heavy (non-hydrogen) atoms. The molecule has 1 saturated carbocycles. The van der Waals surface area contributed by atoms with Gasteiger partial charge in [0.1, 0.15) is 0 Å². The Morgan fingerprint density at radius 1 is 1.24 bits per heavy atom. The summed E-state index contributed by atoms with van der Waals surface area (Å²) in [6.45, 7) is 4.39. The van der Waals surface area contributed by atoms with Crippen LogP contribution in [0.1, 0.15) is 36.8 Å². The molecule has 0 amide bonds. The summed E-state index contributed by atoms with van der Waals surface area (Å²) in [6, 6.07) is 6.80. The van der Waals surface area contributed by atoms with Crippen LogP contribution in [0.15, 0.2) is 23.1 Å². The molecule has 0 spiro atoms. The molecule has 1 aliphatic carbocycles. The molecule has 0 aromatic heterocycles. The van der Waals surface area contributed by atoms with Gasteiger partial charge in [0.2, 0.25) is 0 Å². The number of hydrogen-bond acceptors (Lipinski definition) is 1. The molecule has 0 bridgehead atoms. The highest BCUT2D eigenvalue weighted by Gasteiger charge is 2.32. The number of benzene rings is 1. The summed E-state index contributed by atoms with van der Waals surface area (Å²) in [5, 5.41) is 1.16. The number of halogens is 1. The Hall–Kier alpha value is 0.0500. The maximum absolute atomic E-state index is 3.72. The number of thioether (sulfide) groups is 1. The highest BCUT2D eigenvalue weighted by molar-refractivity contribution is 9.09. The number of alkyl halides is 1. The highest BCUT2D eigenvalue weighted by atomic mass is 79.9. The van der Waals surface area contributed by atoms with E-state index in [9.17, 15) is 0 Å². The van der Waals surface area contributed by atoms with Gasteiger partial charge in [-0.25, -0.2) is 0 Å². The van der Waals surface area contributed by atoms with Crippen molar-refractivity contribution in [3.63, 3.8) is 0 Å². The lowest BCUT2D eigenvalue weighted by Gasteiger charge is -2.26. The SMILES string of the molecule is Cc1ccc(SCC2(CBr)CCCC2)c(C)c1. The Kier molecular flexibility index (Phi) is 4.59. The van der Waals surface area contributed by atoms with Crippen molar-refractivity contribution in [2.75, 3.05) is 11.1 Å². The number of aryl methyl sites for hydroxylation is 2. The summed E-state index contributed by atoms with van der Waals surface area (Å²) in [5.41, 5.74) is 3.35. The highest BCUT2D eigenvalue weighted by Crippen LogP contribution is 2.43. The van der Waals surface area contributed by atoms with E-state index < -0.39 is 0 Å². The Bertz CT molecular complexity index is 381. The van der Waals surface area contributed by atoms with Crippen molar-refractivity contribution in [1.29, 1.82) is 0 Å². The van der Waals surface area contributed by atoms with Gasteiger partial charge in [0.05, 0.1) is 0 Å². The van der Waals surface area contributed by atoms with Gasteiger partial charge in [-0.15, -0.1) is 11.8 Å². The van der Waals surface area contributed by atoms with E-state index in [4.69, 9.17) is 0 Å². The maximum atomic E-state index is 3.72. The van der Waals surface area contributed by atoms with Crippen molar-refractivity contribution >= 4 is 27.7 Å². The summed E-state index contributed by atoms with van der Waals surface area (Å²) in [6.07, 6.45) is 5.63. The summed E-state index contributed by atoms with van der Waals surface area (Å²) >= 11 is 5.77. The minimum atomic E-state index is 0.558. The van der Waals surface area contributed by atoms with Crippen molar-refractivity contribution in [3.05, 3.63) is 29.3 Å². The fourth-order valence-electron chi connectivity index (χ4n) is 2.63. The largest absolute Gasteiger partial charge is 0.125 e. The summed E-state index contributed by atoms with van der Waals surface area (Å²) in [5.74, 6) is 1.27. The Morgan fingerprint density at radius 3 is 2.53 bits per heavy atom. The van der Waals surface area contributed by atoms with Crippen molar-refractivity contribution in [2.24, 2.45) is 5.41 Å². The molecule has 0 unspecified atom stereocenters. The molecule has 2 heteroatoms. The van der Waals surface area contributed by atoms with Crippen LogP contribution >= 0.6 is 27.7 Å². The molecular formula is C15H21BrS. The lowest BCUT2D eigenvalue weighted by Crippen LogP contribution is -2.21. The number of hydrogen-bond donors (Lipinski definition) is 0. The van der Waals surface area contributed by atoms with Crippen molar-refractivity contribution in [2.45, 2.75) is 44.4 Å². The number of rotatable bonds is 4. The first-order chi connectivity index (χ1) is 8.15. The molecule has 2 rings (SSSR count). The van der Waals surface area contributed by atoms with E-state index in [1.165, 1.54) is 47.5 Å². The molecule has 1 aromatic carbocycles. The first-order valence-electron chi connectivity index (χ1n) is 6.41. The summed E-state index contributed by atoms with van der Waals surface area (Å²) in [4.78, 5) is 1.46. The minimum Gasteiger partial charge on any atom is -0.125 e. The van der Waals surface area contributed by atoms with Crippen LogP contribution < -0.4 is 0 Å². The normalized spacial score (nSPS) is 18.5. The zero-order valence-corrected chi connectivity index (χ0v) is 13.2. The molecule has 0 N–H and O–H groups in total. The first kappa shape index (κ1) is 13.5. The molecule has 1 fully saturated rings. The van der Waals surface area contributed by atoms with Crippen LogP contribution in [0, 0.1) is 19.3 Å².